The molecule has 0 aliphatic carbocycles. The Kier molecular flexibility index (Phi) is 6.67. The van der Waals surface area contributed by atoms with Crippen molar-refractivity contribution in [1.82, 2.24) is 21.1 Å². The van der Waals surface area contributed by atoms with Crippen molar-refractivity contribution in [3.8, 4) is 0 Å². The predicted octanol–water partition coefficient (Wildman–Crippen LogP) is 0.859. The number of hydrazine groups is 1. The fourth-order valence-electron chi connectivity index (χ4n) is 3.31. The molecule has 150 valence electrons. The van der Waals surface area contributed by atoms with E-state index in [2.05, 4.69) is 29.9 Å². The van der Waals surface area contributed by atoms with E-state index in [-0.39, 0.29) is 10.8 Å². The fourth-order valence-corrected chi connectivity index (χ4v) is 3.94. The van der Waals surface area contributed by atoms with Crippen LogP contribution in [0, 0.1) is 11.3 Å². The number of rotatable bonds is 8. The van der Waals surface area contributed by atoms with Crippen LogP contribution in [0.4, 0.5) is 0 Å². The molecule has 3 N–H and O–H groups in total. The van der Waals surface area contributed by atoms with Crippen LogP contribution in [0.3, 0.4) is 0 Å². The maximum atomic E-state index is 13.2. The maximum absolute atomic E-state index is 13.2. The Balaban J connectivity index is 2.50. The van der Waals surface area contributed by atoms with E-state index in [1.54, 1.807) is 29.3 Å². The summed E-state index contributed by atoms with van der Waals surface area (Å²) >= 11 is 0. The van der Waals surface area contributed by atoms with Gasteiger partial charge in [-0.3, -0.25) is 15.2 Å². The van der Waals surface area contributed by atoms with E-state index in [1.165, 1.54) is 6.26 Å². The zero-order valence-electron chi connectivity index (χ0n) is 16.7. The Morgan fingerprint density at radius 3 is 2.11 bits per heavy atom. The first-order chi connectivity index (χ1) is 12.6. The number of nitrogens with zero attached hydrogens (tertiary/aromatic N) is 1. The highest BCUT2D eigenvalue weighted by Gasteiger charge is 2.42. The van der Waals surface area contributed by atoms with Crippen LogP contribution in [-0.2, 0) is 14.6 Å². The third-order valence-corrected chi connectivity index (χ3v) is 5.60. The van der Waals surface area contributed by atoms with Crippen LogP contribution < -0.4 is 16.1 Å². The van der Waals surface area contributed by atoms with Crippen molar-refractivity contribution in [2.75, 3.05) is 40.0 Å². The van der Waals surface area contributed by atoms with Crippen molar-refractivity contribution in [2.24, 2.45) is 11.3 Å². The van der Waals surface area contributed by atoms with E-state index in [9.17, 15) is 13.2 Å². The van der Waals surface area contributed by atoms with Crippen molar-refractivity contribution in [3.05, 3.63) is 35.9 Å². The summed E-state index contributed by atoms with van der Waals surface area (Å²) in [6.45, 7) is 5.69. The number of amides is 1. The summed E-state index contributed by atoms with van der Waals surface area (Å²) in [6, 6.07) is 6.71. The lowest BCUT2D eigenvalue weighted by Crippen LogP contribution is -2.59. The molecule has 7 nitrogen and oxygen atoms in total. The van der Waals surface area contributed by atoms with Crippen LogP contribution in [-0.4, -0.2) is 59.3 Å². The molecule has 0 aromatic heterocycles. The van der Waals surface area contributed by atoms with Crippen molar-refractivity contribution < 1.29 is 13.2 Å². The fraction of sp³-hybridized carbons (Fsp3) is 0.526. The van der Waals surface area contributed by atoms with Crippen molar-refractivity contribution >= 4 is 21.4 Å². The summed E-state index contributed by atoms with van der Waals surface area (Å²) in [5.41, 5.74) is 4.12. The molecule has 0 bridgehead atoms. The summed E-state index contributed by atoms with van der Waals surface area (Å²) in [7, 11) is 0.404. The topological polar surface area (TPSA) is 90.5 Å². The third-order valence-electron chi connectivity index (χ3n) is 4.47. The Labute approximate surface area is 162 Å². The van der Waals surface area contributed by atoms with Crippen molar-refractivity contribution in [1.29, 1.82) is 0 Å². The first kappa shape index (κ1) is 21.4. The first-order valence-corrected chi connectivity index (χ1v) is 10.9. The minimum Gasteiger partial charge on any atom is -0.318 e. The van der Waals surface area contributed by atoms with Crippen LogP contribution in [0.1, 0.15) is 19.4 Å². The lowest BCUT2D eigenvalue weighted by atomic mass is 9.82. The van der Waals surface area contributed by atoms with Crippen LogP contribution >= 0.6 is 0 Å². The Morgan fingerprint density at radius 2 is 1.67 bits per heavy atom. The van der Waals surface area contributed by atoms with Gasteiger partial charge >= 0.3 is 0 Å². The highest BCUT2D eigenvalue weighted by molar-refractivity contribution is 7.90. The SMILES string of the molecule is CNCC1(CNC)C=C(c2ccc(S(C)(=O)=O)cc2)NN(CC(C)C)C1=O. The van der Waals surface area contributed by atoms with Gasteiger partial charge in [-0.15, -0.1) is 0 Å². The lowest BCUT2D eigenvalue weighted by Gasteiger charge is -2.41. The number of carbonyl (C=O) groups excluding carboxylic acids is 1. The molecule has 0 spiro atoms. The van der Waals surface area contributed by atoms with Gasteiger partial charge in [0.1, 0.15) is 0 Å². The molecule has 1 aliphatic rings. The number of carbonyl (C=O) groups is 1. The quantitative estimate of drug-likeness (QED) is 0.606. The number of sulfone groups is 1. The Morgan fingerprint density at radius 1 is 1.11 bits per heavy atom. The second kappa shape index (κ2) is 8.41. The Bertz CT molecular complexity index is 795. The van der Waals surface area contributed by atoms with Gasteiger partial charge in [0, 0.05) is 25.9 Å². The van der Waals surface area contributed by atoms with Gasteiger partial charge in [-0.1, -0.05) is 26.0 Å². The molecular weight excluding hydrogens is 364 g/mol. The summed E-state index contributed by atoms with van der Waals surface area (Å²) in [4.78, 5) is 13.5. The molecule has 8 heteroatoms. The van der Waals surface area contributed by atoms with Gasteiger partial charge in [0.15, 0.2) is 9.84 Å². The maximum Gasteiger partial charge on any atom is 0.253 e. The smallest absolute Gasteiger partial charge is 0.253 e. The molecule has 1 heterocycles. The molecule has 0 radical (unpaired) electrons. The Hall–Kier alpha value is -1.90. The molecule has 1 aromatic carbocycles. The van der Waals surface area contributed by atoms with E-state index in [1.807, 2.05) is 20.2 Å². The van der Waals surface area contributed by atoms with Gasteiger partial charge in [0.25, 0.3) is 5.91 Å². The van der Waals surface area contributed by atoms with Gasteiger partial charge in [-0.25, -0.2) is 8.42 Å². The van der Waals surface area contributed by atoms with Crippen LogP contribution in [0.2, 0.25) is 0 Å². The van der Waals surface area contributed by atoms with Gasteiger partial charge in [0.05, 0.1) is 16.0 Å². The lowest BCUT2D eigenvalue weighted by molar-refractivity contribution is -0.143. The molecule has 0 fully saturated rings. The standard InChI is InChI=1S/C19H30N4O3S/c1-14(2)11-23-18(24)19(12-20-3,13-21-4)10-17(22-23)15-6-8-16(9-7-15)27(5,25)26/h6-10,14,20-22H,11-13H2,1-5H3. The summed E-state index contributed by atoms with van der Waals surface area (Å²) in [6.07, 6.45) is 3.13. The van der Waals surface area contributed by atoms with Crippen molar-refractivity contribution in [3.63, 3.8) is 0 Å². The normalized spacial score (nSPS) is 17.0. The minimum atomic E-state index is -3.25. The summed E-state index contributed by atoms with van der Waals surface area (Å²) in [5.74, 6) is 0.312. The van der Waals surface area contributed by atoms with Crippen LogP contribution in [0.25, 0.3) is 5.70 Å². The predicted molar refractivity (Wildman–Crippen MR) is 108 cm³/mol. The molecule has 27 heavy (non-hydrogen) atoms. The number of hydrogen-bond donors (Lipinski definition) is 3. The first-order valence-electron chi connectivity index (χ1n) is 9.04. The van der Waals surface area contributed by atoms with E-state index in [0.29, 0.717) is 25.6 Å². The molecule has 1 aliphatic heterocycles. The number of hydrogen-bond acceptors (Lipinski definition) is 6. The van der Waals surface area contributed by atoms with E-state index in [4.69, 9.17) is 0 Å². The molecule has 0 saturated carbocycles. The minimum absolute atomic E-state index is 0.0106. The molecule has 2 rings (SSSR count). The second-order valence-corrected chi connectivity index (χ2v) is 9.51. The van der Waals surface area contributed by atoms with Gasteiger partial charge < -0.3 is 10.6 Å². The van der Waals surface area contributed by atoms with Crippen molar-refractivity contribution in [2.45, 2.75) is 18.7 Å². The third kappa shape index (κ3) is 4.88. The highest BCUT2D eigenvalue weighted by atomic mass is 32.2. The molecule has 0 atom stereocenters. The number of benzene rings is 1. The number of nitrogens with one attached hydrogen (secondary N) is 3. The molecule has 1 amide bonds. The monoisotopic (exact) mass is 394 g/mol. The summed E-state index contributed by atoms with van der Waals surface area (Å²) < 4.78 is 23.4. The summed E-state index contributed by atoms with van der Waals surface area (Å²) in [5, 5.41) is 7.92. The molecule has 0 unspecified atom stereocenters. The zero-order chi connectivity index (χ0) is 20.2. The zero-order valence-corrected chi connectivity index (χ0v) is 17.5. The molecular formula is C19H30N4O3S. The largest absolute Gasteiger partial charge is 0.318 e. The highest BCUT2D eigenvalue weighted by Crippen LogP contribution is 2.31. The molecule has 0 saturated heterocycles. The van der Waals surface area contributed by atoms with Crippen LogP contribution in [0.15, 0.2) is 35.2 Å². The second-order valence-electron chi connectivity index (χ2n) is 7.49. The van der Waals surface area contributed by atoms with E-state index in [0.717, 1.165) is 11.3 Å². The van der Waals surface area contributed by atoms with Crippen LogP contribution in [0.5, 0.6) is 0 Å². The van der Waals surface area contributed by atoms with E-state index >= 15 is 0 Å². The van der Waals surface area contributed by atoms with Gasteiger partial charge in [-0.05, 0) is 43.8 Å². The average molecular weight is 395 g/mol. The van der Waals surface area contributed by atoms with Gasteiger partial charge in [-0.2, -0.15) is 0 Å². The van der Waals surface area contributed by atoms with Gasteiger partial charge in [0.2, 0.25) is 0 Å². The molecule has 1 aromatic rings. The van der Waals surface area contributed by atoms with E-state index < -0.39 is 15.3 Å². The average Bonchev–Trinajstić information content (AvgIpc) is 2.58.